The number of nitrogens with one attached hydrogen (secondary N) is 2. The van der Waals surface area contributed by atoms with Gasteiger partial charge in [0, 0.05) is 12.6 Å². The zero-order chi connectivity index (χ0) is 16.9. The molecular weight excluding hydrogens is 328 g/mol. The first kappa shape index (κ1) is 16.2. The number of hydrogen-bond acceptors (Lipinski definition) is 5. The first-order valence-corrected chi connectivity index (χ1v) is 7.76. The number of hydrogen-bond donors (Lipinski definition) is 2. The third kappa shape index (κ3) is 3.62. The van der Waals surface area contributed by atoms with Crippen LogP contribution in [0.5, 0.6) is 23.0 Å². The van der Waals surface area contributed by atoms with Crippen LogP contribution in [0.4, 0.5) is 5.69 Å². The van der Waals surface area contributed by atoms with Crippen LogP contribution in [0.2, 0.25) is 0 Å². The molecule has 1 aliphatic heterocycles. The van der Waals surface area contributed by atoms with E-state index >= 15 is 0 Å². The average molecular weight is 346 g/mol. The van der Waals surface area contributed by atoms with Crippen LogP contribution in [0.3, 0.4) is 0 Å². The quantitative estimate of drug-likeness (QED) is 0.807. The summed E-state index contributed by atoms with van der Waals surface area (Å²) in [5.41, 5.74) is 1.81. The minimum absolute atomic E-state index is 0.267. The van der Waals surface area contributed by atoms with Crippen molar-refractivity contribution in [2.45, 2.75) is 6.54 Å². The molecule has 0 amide bonds. The van der Waals surface area contributed by atoms with E-state index in [2.05, 4.69) is 10.6 Å². The van der Waals surface area contributed by atoms with Gasteiger partial charge in [0.05, 0.1) is 19.9 Å². The molecule has 1 heterocycles. The van der Waals surface area contributed by atoms with Crippen LogP contribution >= 0.6 is 12.2 Å². The van der Waals surface area contributed by atoms with Gasteiger partial charge in [0.1, 0.15) is 11.5 Å². The van der Waals surface area contributed by atoms with E-state index < -0.39 is 0 Å². The zero-order valence-electron chi connectivity index (χ0n) is 13.4. The summed E-state index contributed by atoms with van der Waals surface area (Å²) in [6.45, 7) is 0.838. The van der Waals surface area contributed by atoms with E-state index in [0.717, 1.165) is 28.5 Å². The van der Waals surface area contributed by atoms with Crippen molar-refractivity contribution in [2.75, 3.05) is 26.3 Å². The second kappa shape index (κ2) is 7.27. The first-order valence-electron chi connectivity index (χ1n) is 7.35. The van der Waals surface area contributed by atoms with Gasteiger partial charge in [-0.3, -0.25) is 0 Å². The Balaban J connectivity index is 1.60. The van der Waals surface area contributed by atoms with E-state index in [1.54, 1.807) is 20.3 Å². The molecule has 126 valence electrons. The van der Waals surface area contributed by atoms with E-state index in [-0.39, 0.29) is 6.79 Å². The summed E-state index contributed by atoms with van der Waals surface area (Å²) in [5, 5.41) is 6.77. The highest BCUT2D eigenvalue weighted by molar-refractivity contribution is 7.80. The molecule has 2 aromatic rings. The van der Waals surface area contributed by atoms with Gasteiger partial charge in [-0.1, -0.05) is 6.07 Å². The molecule has 0 bridgehead atoms. The Morgan fingerprint density at radius 3 is 2.71 bits per heavy atom. The van der Waals surface area contributed by atoms with Crippen LogP contribution < -0.4 is 29.6 Å². The minimum atomic E-state index is 0.267. The van der Waals surface area contributed by atoms with Crippen molar-refractivity contribution >= 4 is 23.0 Å². The number of rotatable bonds is 5. The second-order valence-corrected chi connectivity index (χ2v) is 5.47. The number of anilines is 1. The predicted octanol–water partition coefficient (Wildman–Crippen LogP) is 2.92. The highest BCUT2D eigenvalue weighted by Gasteiger charge is 2.13. The summed E-state index contributed by atoms with van der Waals surface area (Å²) >= 11 is 5.34. The molecule has 0 aliphatic carbocycles. The van der Waals surface area contributed by atoms with Crippen molar-refractivity contribution in [1.29, 1.82) is 0 Å². The fourth-order valence-electron chi connectivity index (χ4n) is 2.30. The topological polar surface area (TPSA) is 61.0 Å². The molecule has 24 heavy (non-hydrogen) atoms. The zero-order valence-corrected chi connectivity index (χ0v) is 14.2. The molecule has 2 aromatic carbocycles. The van der Waals surface area contributed by atoms with E-state index in [9.17, 15) is 0 Å². The van der Waals surface area contributed by atoms with E-state index in [1.807, 2.05) is 30.3 Å². The van der Waals surface area contributed by atoms with Crippen LogP contribution in [-0.2, 0) is 6.54 Å². The third-order valence-electron chi connectivity index (χ3n) is 3.55. The van der Waals surface area contributed by atoms with Crippen molar-refractivity contribution in [3.05, 3.63) is 42.0 Å². The minimum Gasteiger partial charge on any atom is -0.497 e. The van der Waals surface area contributed by atoms with Gasteiger partial charge in [-0.2, -0.15) is 0 Å². The summed E-state index contributed by atoms with van der Waals surface area (Å²) in [6, 6.07) is 11.3. The van der Waals surface area contributed by atoms with Crippen molar-refractivity contribution in [2.24, 2.45) is 0 Å². The van der Waals surface area contributed by atoms with Crippen LogP contribution in [0.15, 0.2) is 36.4 Å². The second-order valence-electron chi connectivity index (χ2n) is 5.06. The molecule has 0 unspecified atom stereocenters. The molecule has 0 aromatic heterocycles. The SMILES string of the molecule is COc1ccc(NC(=S)NCc2ccc3c(c2)OCO3)c(OC)c1. The standard InChI is InChI=1S/C17H18N2O4S/c1-20-12-4-5-13(15(8-12)21-2)19-17(24)18-9-11-3-6-14-16(7-11)23-10-22-14/h3-8H,9-10H2,1-2H3,(H2,18,19,24). The van der Waals surface area contributed by atoms with Crippen LogP contribution in [0, 0.1) is 0 Å². The van der Waals surface area contributed by atoms with Gasteiger partial charge < -0.3 is 29.6 Å². The molecule has 0 saturated carbocycles. The van der Waals surface area contributed by atoms with Crippen LogP contribution in [0.1, 0.15) is 5.56 Å². The maximum atomic E-state index is 5.37. The van der Waals surface area contributed by atoms with Gasteiger partial charge in [-0.25, -0.2) is 0 Å². The predicted molar refractivity (Wildman–Crippen MR) is 95.2 cm³/mol. The Labute approximate surface area is 145 Å². The molecule has 2 N–H and O–H groups in total. The van der Waals surface area contributed by atoms with Gasteiger partial charge >= 0.3 is 0 Å². The smallest absolute Gasteiger partial charge is 0.231 e. The molecule has 0 radical (unpaired) electrons. The molecule has 0 fully saturated rings. The third-order valence-corrected chi connectivity index (χ3v) is 3.79. The van der Waals surface area contributed by atoms with Crippen LogP contribution in [-0.4, -0.2) is 26.1 Å². The summed E-state index contributed by atoms with van der Waals surface area (Å²) < 4.78 is 21.2. The van der Waals surface area contributed by atoms with Crippen molar-refractivity contribution in [3.8, 4) is 23.0 Å². The van der Waals surface area contributed by atoms with Gasteiger partial charge in [0.25, 0.3) is 0 Å². The molecule has 0 atom stereocenters. The van der Waals surface area contributed by atoms with E-state index in [4.69, 9.17) is 31.2 Å². The lowest BCUT2D eigenvalue weighted by atomic mass is 10.2. The fraction of sp³-hybridized carbons (Fsp3) is 0.235. The fourth-order valence-corrected chi connectivity index (χ4v) is 2.48. The normalized spacial score (nSPS) is 11.8. The van der Waals surface area contributed by atoms with Crippen molar-refractivity contribution in [1.82, 2.24) is 5.32 Å². The van der Waals surface area contributed by atoms with E-state index in [0.29, 0.717) is 17.4 Å². The highest BCUT2D eigenvalue weighted by Crippen LogP contribution is 2.32. The van der Waals surface area contributed by atoms with Gasteiger partial charge in [-0.15, -0.1) is 0 Å². The number of fused-ring (bicyclic) bond motifs is 1. The molecule has 1 aliphatic rings. The van der Waals surface area contributed by atoms with Gasteiger partial charge in [0.15, 0.2) is 16.6 Å². The molecule has 6 nitrogen and oxygen atoms in total. The summed E-state index contributed by atoms with van der Waals surface area (Å²) in [5.74, 6) is 2.89. The Morgan fingerprint density at radius 2 is 1.92 bits per heavy atom. The monoisotopic (exact) mass is 346 g/mol. The number of ether oxygens (including phenoxy) is 4. The lowest BCUT2D eigenvalue weighted by molar-refractivity contribution is 0.174. The van der Waals surface area contributed by atoms with Crippen molar-refractivity contribution in [3.63, 3.8) is 0 Å². The highest BCUT2D eigenvalue weighted by atomic mass is 32.1. The number of benzene rings is 2. The first-order chi connectivity index (χ1) is 11.7. The molecule has 7 heteroatoms. The molecule has 0 saturated heterocycles. The number of methoxy groups -OCH3 is 2. The summed E-state index contributed by atoms with van der Waals surface area (Å²) in [4.78, 5) is 0. The lowest BCUT2D eigenvalue weighted by Crippen LogP contribution is -2.28. The van der Waals surface area contributed by atoms with Gasteiger partial charge in [0.2, 0.25) is 6.79 Å². The summed E-state index contributed by atoms with van der Waals surface area (Å²) in [7, 11) is 3.21. The Hall–Kier alpha value is -2.67. The summed E-state index contributed by atoms with van der Waals surface area (Å²) in [6.07, 6.45) is 0. The largest absolute Gasteiger partial charge is 0.497 e. The lowest BCUT2D eigenvalue weighted by Gasteiger charge is -2.14. The number of thiocarbonyl (C=S) groups is 1. The molecular formula is C17H18N2O4S. The molecule has 0 spiro atoms. The maximum Gasteiger partial charge on any atom is 0.231 e. The Kier molecular flexibility index (Phi) is 4.90. The average Bonchev–Trinajstić information content (AvgIpc) is 3.08. The molecule has 3 rings (SSSR count). The Bertz CT molecular complexity index is 751. The maximum absolute atomic E-state index is 5.37. The Morgan fingerprint density at radius 1 is 1.08 bits per heavy atom. The van der Waals surface area contributed by atoms with Gasteiger partial charge in [-0.05, 0) is 42.0 Å². The van der Waals surface area contributed by atoms with E-state index in [1.165, 1.54) is 0 Å². The van der Waals surface area contributed by atoms with Crippen molar-refractivity contribution < 1.29 is 18.9 Å². The van der Waals surface area contributed by atoms with Crippen LogP contribution in [0.25, 0.3) is 0 Å².